The number of benzene rings is 9. The second-order valence-electron chi connectivity index (χ2n) is 12.6. The maximum atomic E-state index is 2.40. The molecule has 0 atom stereocenters. The third-order valence-electron chi connectivity index (χ3n) is 9.54. The number of para-hydroxylation sites is 3. The average Bonchev–Trinajstić information content (AvgIpc) is 3.19. The molecule has 0 spiro atoms. The van der Waals surface area contributed by atoms with Crippen LogP contribution in [0.3, 0.4) is 0 Å². The molecule has 9 aromatic rings. The lowest BCUT2D eigenvalue weighted by Crippen LogP contribution is -2.12. The molecule has 0 bridgehead atoms. The van der Waals surface area contributed by atoms with Crippen molar-refractivity contribution in [1.82, 2.24) is 0 Å². The summed E-state index contributed by atoms with van der Waals surface area (Å²) in [5, 5.41) is 7.47. The predicted octanol–water partition coefficient (Wildman–Crippen LogP) is 13.7. The topological polar surface area (TPSA) is 6.48 Å². The number of hydrogen-bond donors (Lipinski definition) is 0. The summed E-state index contributed by atoms with van der Waals surface area (Å²) in [6, 6.07) is 69.6. The van der Waals surface area contributed by atoms with Crippen molar-refractivity contribution in [3.8, 4) is 0 Å². The SMILES string of the molecule is C(=Cc1ccc(N(c2ccccc2)c2cc3ccc(N(c4ccccc4)c4ccccc4)c4ccc5cccc2c5c34)cc1)c1ccccc1. The van der Waals surface area contributed by atoms with Crippen molar-refractivity contribution in [2.45, 2.75) is 0 Å². The van der Waals surface area contributed by atoms with E-state index in [9.17, 15) is 0 Å². The van der Waals surface area contributed by atoms with Gasteiger partial charge in [-0.3, -0.25) is 0 Å². The zero-order valence-corrected chi connectivity index (χ0v) is 27.5. The first kappa shape index (κ1) is 29.5. The van der Waals surface area contributed by atoms with E-state index in [-0.39, 0.29) is 0 Å². The van der Waals surface area contributed by atoms with Crippen LogP contribution < -0.4 is 9.80 Å². The Kier molecular flexibility index (Phi) is 7.53. The van der Waals surface area contributed by atoms with Crippen molar-refractivity contribution in [3.05, 3.63) is 205 Å². The zero-order chi connectivity index (χ0) is 33.3. The van der Waals surface area contributed by atoms with Gasteiger partial charge in [-0.25, -0.2) is 0 Å². The summed E-state index contributed by atoms with van der Waals surface area (Å²) < 4.78 is 0. The Bertz CT molecular complexity index is 2520. The lowest BCUT2D eigenvalue weighted by molar-refractivity contribution is 1.29. The van der Waals surface area contributed by atoms with Crippen molar-refractivity contribution in [2.75, 3.05) is 9.80 Å². The molecular formula is C48H34N2. The van der Waals surface area contributed by atoms with Crippen LogP contribution in [-0.2, 0) is 0 Å². The molecule has 0 N–H and O–H groups in total. The normalized spacial score (nSPS) is 11.5. The minimum absolute atomic E-state index is 1.11. The summed E-state index contributed by atoms with van der Waals surface area (Å²) in [4.78, 5) is 4.77. The van der Waals surface area contributed by atoms with Gasteiger partial charge >= 0.3 is 0 Å². The molecule has 0 saturated carbocycles. The molecule has 0 heterocycles. The average molecular weight is 639 g/mol. The van der Waals surface area contributed by atoms with Gasteiger partial charge in [0.15, 0.2) is 0 Å². The summed E-state index contributed by atoms with van der Waals surface area (Å²) in [6.45, 7) is 0. The van der Waals surface area contributed by atoms with Gasteiger partial charge < -0.3 is 9.80 Å². The Hall–Kier alpha value is -6.64. The van der Waals surface area contributed by atoms with E-state index < -0.39 is 0 Å². The molecule has 9 aromatic carbocycles. The smallest absolute Gasteiger partial charge is 0.0546 e. The fourth-order valence-corrected chi connectivity index (χ4v) is 7.25. The highest BCUT2D eigenvalue weighted by Gasteiger charge is 2.22. The van der Waals surface area contributed by atoms with Crippen LogP contribution in [0.1, 0.15) is 11.1 Å². The van der Waals surface area contributed by atoms with E-state index in [1.54, 1.807) is 0 Å². The van der Waals surface area contributed by atoms with Gasteiger partial charge in [0.05, 0.1) is 11.4 Å². The van der Waals surface area contributed by atoms with E-state index in [1.807, 2.05) is 6.07 Å². The third-order valence-corrected chi connectivity index (χ3v) is 9.54. The second-order valence-corrected chi connectivity index (χ2v) is 12.6. The molecule has 0 unspecified atom stereocenters. The van der Waals surface area contributed by atoms with Crippen LogP contribution in [0.2, 0.25) is 0 Å². The lowest BCUT2D eigenvalue weighted by atomic mass is 9.91. The first-order valence-electron chi connectivity index (χ1n) is 17.1. The molecule has 236 valence electrons. The number of anilines is 6. The van der Waals surface area contributed by atoms with Gasteiger partial charge in [-0.2, -0.15) is 0 Å². The molecule has 0 fully saturated rings. The highest BCUT2D eigenvalue weighted by atomic mass is 15.1. The van der Waals surface area contributed by atoms with E-state index in [0.717, 1.165) is 39.7 Å². The van der Waals surface area contributed by atoms with Crippen molar-refractivity contribution >= 4 is 78.6 Å². The molecule has 0 aliphatic heterocycles. The van der Waals surface area contributed by atoms with Gasteiger partial charge in [-0.05, 0) is 93.3 Å². The van der Waals surface area contributed by atoms with Gasteiger partial charge in [0.25, 0.3) is 0 Å². The van der Waals surface area contributed by atoms with E-state index in [1.165, 1.54) is 37.9 Å². The quantitative estimate of drug-likeness (QED) is 0.121. The molecule has 50 heavy (non-hydrogen) atoms. The molecule has 0 saturated heterocycles. The molecule has 9 rings (SSSR count). The predicted molar refractivity (Wildman–Crippen MR) is 215 cm³/mol. The van der Waals surface area contributed by atoms with Crippen molar-refractivity contribution < 1.29 is 0 Å². The molecule has 0 amide bonds. The molecule has 0 aliphatic rings. The minimum atomic E-state index is 1.11. The van der Waals surface area contributed by atoms with E-state index in [0.29, 0.717) is 0 Å². The fraction of sp³-hybridized carbons (Fsp3) is 0. The zero-order valence-electron chi connectivity index (χ0n) is 27.5. The molecule has 2 nitrogen and oxygen atoms in total. The molecular weight excluding hydrogens is 605 g/mol. The molecule has 2 heteroatoms. The van der Waals surface area contributed by atoms with E-state index in [4.69, 9.17) is 0 Å². The fourth-order valence-electron chi connectivity index (χ4n) is 7.25. The molecule has 0 aliphatic carbocycles. The Morgan fingerprint density at radius 1 is 0.300 bits per heavy atom. The number of rotatable bonds is 8. The van der Waals surface area contributed by atoms with Crippen molar-refractivity contribution in [3.63, 3.8) is 0 Å². The van der Waals surface area contributed by atoms with Crippen LogP contribution in [0, 0.1) is 0 Å². The highest BCUT2D eigenvalue weighted by Crippen LogP contribution is 2.48. The van der Waals surface area contributed by atoms with Gasteiger partial charge in [0.1, 0.15) is 0 Å². The maximum absolute atomic E-state index is 2.40. The standard InChI is InChI=1S/C48H34N2/c1-5-14-35(15-6-1)24-25-36-26-30-42(31-27-36)50(41-21-11-4-12-22-41)46-34-38-29-33-45(44-32-28-37-16-13-23-43(46)47(37)48(38)44)49(39-17-7-2-8-18-39)40-19-9-3-10-20-40/h1-34H. The third kappa shape index (κ3) is 5.34. The summed E-state index contributed by atoms with van der Waals surface area (Å²) in [7, 11) is 0. The van der Waals surface area contributed by atoms with Crippen LogP contribution in [0.5, 0.6) is 0 Å². The van der Waals surface area contributed by atoms with Crippen LogP contribution in [0.25, 0.3) is 44.5 Å². The highest BCUT2D eigenvalue weighted by molar-refractivity contribution is 6.29. The Labute approximate surface area is 292 Å². The van der Waals surface area contributed by atoms with Crippen molar-refractivity contribution in [2.24, 2.45) is 0 Å². The first-order chi connectivity index (χ1) is 24.8. The lowest BCUT2D eigenvalue weighted by Gasteiger charge is -2.30. The number of nitrogens with zero attached hydrogens (tertiary/aromatic N) is 2. The number of hydrogen-bond acceptors (Lipinski definition) is 2. The van der Waals surface area contributed by atoms with Crippen LogP contribution >= 0.6 is 0 Å². The summed E-state index contributed by atoms with van der Waals surface area (Å²) in [5.74, 6) is 0. The van der Waals surface area contributed by atoms with E-state index in [2.05, 4.69) is 210 Å². The first-order valence-corrected chi connectivity index (χ1v) is 17.1. The summed E-state index contributed by atoms with van der Waals surface area (Å²) in [5.41, 5.74) is 9.17. The largest absolute Gasteiger partial charge is 0.310 e. The Balaban J connectivity index is 1.23. The van der Waals surface area contributed by atoms with Crippen LogP contribution in [-0.4, -0.2) is 0 Å². The van der Waals surface area contributed by atoms with Gasteiger partial charge in [-0.1, -0.05) is 146 Å². The Morgan fingerprint density at radius 3 is 1.36 bits per heavy atom. The van der Waals surface area contributed by atoms with Gasteiger partial charge in [-0.15, -0.1) is 0 Å². The summed E-state index contributed by atoms with van der Waals surface area (Å²) >= 11 is 0. The maximum Gasteiger partial charge on any atom is 0.0546 e. The van der Waals surface area contributed by atoms with Crippen molar-refractivity contribution in [1.29, 1.82) is 0 Å². The van der Waals surface area contributed by atoms with Gasteiger partial charge in [0.2, 0.25) is 0 Å². The van der Waals surface area contributed by atoms with E-state index >= 15 is 0 Å². The van der Waals surface area contributed by atoms with Gasteiger partial charge in [0, 0.05) is 33.5 Å². The monoisotopic (exact) mass is 638 g/mol. The molecule has 0 radical (unpaired) electrons. The summed E-state index contributed by atoms with van der Waals surface area (Å²) in [6.07, 6.45) is 4.34. The Morgan fingerprint density at radius 2 is 0.760 bits per heavy atom. The minimum Gasteiger partial charge on any atom is -0.310 e. The second kappa shape index (κ2) is 12.8. The van der Waals surface area contributed by atoms with Crippen LogP contribution in [0.4, 0.5) is 34.1 Å². The molecule has 0 aromatic heterocycles. The van der Waals surface area contributed by atoms with Crippen LogP contribution in [0.15, 0.2) is 194 Å².